The van der Waals surface area contributed by atoms with Crippen LogP contribution >= 0.6 is 0 Å². The normalized spacial score (nSPS) is 18.2. The van der Waals surface area contributed by atoms with Crippen molar-refractivity contribution in [1.29, 1.82) is 0 Å². The molecule has 0 radical (unpaired) electrons. The molecule has 0 aliphatic carbocycles. The molecule has 2 aromatic carbocycles. The molecule has 1 heterocycles. The van der Waals surface area contributed by atoms with Gasteiger partial charge in [0.25, 0.3) is 0 Å². The monoisotopic (exact) mass is 331 g/mol. The molecule has 0 amide bonds. The van der Waals surface area contributed by atoms with E-state index in [0.717, 1.165) is 23.9 Å². The molecule has 2 nitrogen and oxygen atoms in total. The zero-order chi connectivity index (χ0) is 13.6. The maximum absolute atomic E-state index is 5.67. The van der Waals surface area contributed by atoms with E-state index in [1.54, 1.807) is 0 Å². The van der Waals surface area contributed by atoms with Crippen molar-refractivity contribution in [2.24, 2.45) is 5.16 Å². The average Bonchev–Trinajstić information content (AvgIpc) is 2.55. The van der Waals surface area contributed by atoms with Gasteiger partial charge < -0.3 is 0 Å². The summed E-state index contributed by atoms with van der Waals surface area (Å²) >= 11 is 0.478. The van der Waals surface area contributed by atoms with Gasteiger partial charge in [0.15, 0.2) is 0 Å². The van der Waals surface area contributed by atoms with Crippen molar-refractivity contribution < 1.29 is 4.84 Å². The average molecular weight is 330 g/mol. The Kier molecular flexibility index (Phi) is 4.52. The predicted molar refractivity (Wildman–Crippen MR) is 83.7 cm³/mol. The third kappa shape index (κ3) is 3.50. The van der Waals surface area contributed by atoms with Gasteiger partial charge in [-0.25, -0.2) is 0 Å². The zero-order valence-corrected chi connectivity index (χ0v) is 12.9. The summed E-state index contributed by atoms with van der Waals surface area (Å²) < 4.78 is 1.43. The van der Waals surface area contributed by atoms with Gasteiger partial charge in [-0.05, 0) is 0 Å². The van der Waals surface area contributed by atoms with Crippen molar-refractivity contribution in [3.8, 4) is 0 Å². The van der Waals surface area contributed by atoms with E-state index in [1.165, 1.54) is 10.0 Å². The van der Waals surface area contributed by atoms with E-state index in [9.17, 15) is 0 Å². The van der Waals surface area contributed by atoms with E-state index in [4.69, 9.17) is 4.84 Å². The van der Waals surface area contributed by atoms with E-state index in [1.807, 2.05) is 18.2 Å². The number of rotatable bonds is 4. The second-order valence-electron chi connectivity index (χ2n) is 4.79. The molecule has 0 aromatic heterocycles. The van der Waals surface area contributed by atoms with Gasteiger partial charge in [0.2, 0.25) is 0 Å². The van der Waals surface area contributed by atoms with E-state index in [-0.39, 0.29) is 6.10 Å². The van der Waals surface area contributed by atoms with Crippen LogP contribution in [0.25, 0.3) is 0 Å². The minimum atomic E-state index is 0.280. The van der Waals surface area contributed by atoms with E-state index in [2.05, 4.69) is 47.6 Å². The first-order valence-electron chi connectivity index (χ1n) is 6.88. The van der Waals surface area contributed by atoms with Crippen LogP contribution in [0.15, 0.2) is 65.8 Å². The van der Waals surface area contributed by atoms with Crippen LogP contribution in [-0.2, 0) is 4.84 Å². The molecule has 20 heavy (non-hydrogen) atoms. The molecule has 0 saturated heterocycles. The van der Waals surface area contributed by atoms with Crippen LogP contribution in [0.5, 0.6) is 0 Å². The third-order valence-electron chi connectivity index (χ3n) is 3.30. The Labute approximate surface area is 126 Å². The second-order valence-corrected chi connectivity index (χ2v) is 7.09. The Balaban J connectivity index is 1.54. The van der Waals surface area contributed by atoms with Crippen LogP contribution in [0.1, 0.15) is 18.4 Å². The molecule has 2 aromatic rings. The molecule has 1 aliphatic rings. The minimum absolute atomic E-state index is 0.280. The second kappa shape index (κ2) is 6.74. The van der Waals surface area contributed by atoms with Crippen LogP contribution in [0.4, 0.5) is 0 Å². The first kappa shape index (κ1) is 13.4. The van der Waals surface area contributed by atoms with Gasteiger partial charge in [-0.15, -0.1) is 0 Å². The number of hydrogen-bond acceptors (Lipinski definition) is 2. The molecule has 0 saturated carbocycles. The first-order chi connectivity index (χ1) is 9.92. The summed E-state index contributed by atoms with van der Waals surface area (Å²) in [4.78, 5) is 5.67. The Hall–Kier alpha value is -1.57. The van der Waals surface area contributed by atoms with Crippen molar-refractivity contribution in [2.45, 2.75) is 24.3 Å². The van der Waals surface area contributed by atoms with Gasteiger partial charge >= 0.3 is 126 Å². The van der Waals surface area contributed by atoms with Crippen LogP contribution in [0, 0.1) is 0 Å². The molecule has 1 unspecified atom stereocenters. The topological polar surface area (TPSA) is 21.6 Å². The quantitative estimate of drug-likeness (QED) is 0.790. The van der Waals surface area contributed by atoms with Crippen molar-refractivity contribution >= 4 is 25.1 Å². The summed E-state index contributed by atoms with van der Waals surface area (Å²) in [6, 6.07) is 21.0. The first-order valence-corrected chi connectivity index (χ1v) is 8.94. The van der Waals surface area contributed by atoms with Gasteiger partial charge in [0, 0.05) is 0 Å². The molecule has 0 N–H and O–H groups in total. The molecular formula is C17H17NOSe. The van der Waals surface area contributed by atoms with Crippen molar-refractivity contribution in [3.63, 3.8) is 0 Å². The molecule has 0 bridgehead atoms. The van der Waals surface area contributed by atoms with Crippen molar-refractivity contribution in [2.75, 3.05) is 0 Å². The third-order valence-corrected chi connectivity index (χ3v) is 5.70. The zero-order valence-electron chi connectivity index (χ0n) is 11.2. The van der Waals surface area contributed by atoms with E-state index < -0.39 is 0 Å². The van der Waals surface area contributed by atoms with Gasteiger partial charge in [0.1, 0.15) is 0 Å². The summed E-state index contributed by atoms with van der Waals surface area (Å²) in [5.41, 5.74) is 2.26. The fraction of sp³-hybridized carbons (Fsp3) is 0.235. The summed E-state index contributed by atoms with van der Waals surface area (Å²) in [6.45, 7) is 0. The standard InChI is InChI=1S/C17H17NOSe/c1-3-7-14(8-4-1)17-12-11-15(19-18-17)13-20-16-9-5-2-6-10-16/h1-10,15H,11-13H2. The summed E-state index contributed by atoms with van der Waals surface area (Å²) in [5, 5.41) is 5.42. The number of nitrogens with zero attached hydrogens (tertiary/aromatic N) is 1. The Morgan fingerprint density at radius 2 is 1.70 bits per heavy atom. The van der Waals surface area contributed by atoms with Gasteiger partial charge in [-0.1, -0.05) is 0 Å². The van der Waals surface area contributed by atoms with Crippen LogP contribution < -0.4 is 4.46 Å². The summed E-state index contributed by atoms with van der Waals surface area (Å²) in [7, 11) is 0. The summed E-state index contributed by atoms with van der Waals surface area (Å²) in [5.74, 6) is 0. The Morgan fingerprint density at radius 3 is 2.35 bits per heavy atom. The van der Waals surface area contributed by atoms with E-state index in [0.29, 0.717) is 15.0 Å². The molecular weight excluding hydrogens is 313 g/mol. The fourth-order valence-corrected chi connectivity index (χ4v) is 4.19. The molecule has 3 heteroatoms. The summed E-state index contributed by atoms with van der Waals surface area (Å²) in [6.07, 6.45) is 2.37. The molecule has 1 aliphatic heterocycles. The molecule has 1 atom stereocenters. The fourth-order valence-electron chi connectivity index (χ4n) is 2.18. The van der Waals surface area contributed by atoms with E-state index >= 15 is 0 Å². The van der Waals surface area contributed by atoms with Crippen LogP contribution in [0.2, 0.25) is 5.32 Å². The molecule has 3 rings (SSSR count). The number of hydrogen-bond donors (Lipinski definition) is 0. The van der Waals surface area contributed by atoms with Gasteiger partial charge in [-0.2, -0.15) is 0 Å². The molecule has 0 spiro atoms. The predicted octanol–water partition coefficient (Wildman–Crippen LogP) is 3.02. The number of benzene rings is 2. The van der Waals surface area contributed by atoms with Gasteiger partial charge in [0.05, 0.1) is 0 Å². The Morgan fingerprint density at radius 1 is 1.00 bits per heavy atom. The van der Waals surface area contributed by atoms with Crippen molar-refractivity contribution in [1.82, 2.24) is 0 Å². The molecule has 0 fully saturated rings. The Bertz CT molecular complexity index is 568. The van der Waals surface area contributed by atoms with Crippen LogP contribution in [0.3, 0.4) is 0 Å². The van der Waals surface area contributed by atoms with Crippen LogP contribution in [-0.4, -0.2) is 26.8 Å². The SMILES string of the molecule is c1ccc([Se]CC2CCC(c3ccccc3)=NO2)cc1. The molecule has 102 valence electrons. The number of oxime groups is 1. The van der Waals surface area contributed by atoms with Crippen molar-refractivity contribution in [3.05, 3.63) is 66.2 Å². The van der Waals surface area contributed by atoms with Gasteiger partial charge in [-0.3, -0.25) is 0 Å². The maximum atomic E-state index is 5.67.